The SMILES string of the molecule is CC/C=C\C/C=C\C/C=C\C/C=C\C/C=C\C/C=C\CCCCCCCCCCCCCCC(=O)NC(COP(=O)(O)OCC[N+](C)(C)C)C(O)/C=C/CC/C=C/CCCCCCCCCCCCCCCCCCCCCCCCCC. The second-order valence-corrected chi connectivity index (χ2v) is 26.3. The zero-order valence-corrected chi connectivity index (χ0v) is 56.1. The summed E-state index contributed by atoms with van der Waals surface area (Å²) < 4.78 is 23.8. The van der Waals surface area contributed by atoms with Gasteiger partial charge in [0.2, 0.25) is 5.91 Å². The Morgan fingerprint density at radius 1 is 0.422 bits per heavy atom. The number of aliphatic hydroxyl groups excluding tert-OH is 1. The third kappa shape index (κ3) is 66.8. The molecule has 0 radical (unpaired) electrons. The van der Waals surface area contributed by atoms with Crippen LogP contribution in [0.2, 0.25) is 0 Å². The Labute approximate surface area is 515 Å². The van der Waals surface area contributed by atoms with Crippen LogP contribution in [0.4, 0.5) is 0 Å². The summed E-state index contributed by atoms with van der Waals surface area (Å²) >= 11 is 0. The first-order valence-corrected chi connectivity index (χ1v) is 36.6. The molecule has 83 heavy (non-hydrogen) atoms. The van der Waals surface area contributed by atoms with Crippen LogP contribution in [-0.2, 0) is 18.4 Å². The van der Waals surface area contributed by atoms with Crippen molar-refractivity contribution in [2.45, 2.75) is 328 Å². The number of allylic oxidation sites excluding steroid dienone is 15. The van der Waals surface area contributed by atoms with Gasteiger partial charge in [-0.2, -0.15) is 0 Å². The highest BCUT2D eigenvalue weighted by atomic mass is 31.2. The van der Waals surface area contributed by atoms with Crippen LogP contribution >= 0.6 is 7.82 Å². The second kappa shape index (κ2) is 63.9. The van der Waals surface area contributed by atoms with Crippen LogP contribution in [0.15, 0.2) is 97.2 Å². The van der Waals surface area contributed by atoms with Crippen LogP contribution in [0.3, 0.4) is 0 Å². The van der Waals surface area contributed by atoms with E-state index >= 15 is 0 Å². The van der Waals surface area contributed by atoms with E-state index in [1.165, 1.54) is 218 Å². The highest BCUT2D eigenvalue weighted by Crippen LogP contribution is 2.43. The summed E-state index contributed by atoms with van der Waals surface area (Å²) in [6.45, 7) is 4.71. The Balaban J connectivity index is 4.13. The molecule has 0 aromatic rings. The molecule has 9 heteroatoms. The Bertz CT molecular complexity index is 1670. The van der Waals surface area contributed by atoms with E-state index in [2.05, 4.69) is 104 Å². The van der Waals surface area contributed by atoms with E-state index in [0.29, 0.717) is 17.4 Å². The maximum atomic E-state index is 13.1. The predicted octanol–water partition coefficient (Wildman–Crippen LogP) is 22.5. The van der Waals surface area contributed by atoms with Crippen molar-refractivity contribution in [2.24, 2.45) is 0 Å². The van der Waals surface area contributed by atoms with Gasteiger partial charge in [0.1, 0.15) is 13.2 Å². The monoisotopic (exact) mass is 1180 g/mol. The van der Waals surface area contributed by atoms with Crippen molar-refractivity contribution < 1.29 is 32.9 Å². The maximum Gasteiger partial charge on any atom is 0.472 e. The number of aliphatic hydroxyl groups is 1. The van der Waals surface area contributed by atoms with Gasteiger partial charge in [0.15, 0.2) is 0 Å². The maximum absolute atomic E-state index is 13.1. The minimum absolute atomic E-state index is 0.0524. The number of quaternary nitrogens is 1. The van der Waals surface area contributed by atoms with E-state index in [1.54, 1.807) is 6.08 Å². The molecule has 1 amide bonds. The fourth-order valence-corrected chi connectivity index (χ4v) is 10.9. The van der Waals surface area contributed by atoms with Crippen LogP contribution in [0, 0.1) is 0 Å². The molecule has 8 nitrogen and oxygen atoms in total. The average molecular weight is 1180 g/mol. The number of unbranched alkanes of at least 4 members (excludes halogenated alkanes) is 37. The first-order valence-electron chi connectivity index (χ1n) is 35.1. The van der Waals surface area contributed by atoms with Crippen molar-refractivity contribution in [2.75, 3.05) is 40.9 Å². The van der Waals surface area contributed by atoms with Gasteiger partial charge in [-0.3, -0.25) is 13.8 Å². The summed E-state index contributed by atoms with van der Waals surface area (Å²) in [6, 6.07) is -0.872. The van der Waals surface area contributed by atoms with Gasteiger partial charge in [0.05, 0.1) is 39.9 Å². The lowest BCUT2D eigenvalue weighted by Gasteiger charge is -2.25. The van der Waals surface area contributed by atoms with Crippen molar-refractivity contribution >= 4 is 13.7 Å². The highest BCUT2D eigenvalue weighted by molar-refractivity contribution is 7.47. The molecule has 0 rings (SSSR count). The molecule has 0 saturated carbocycles. The van der Waals surface area contributed by atoms with Gasteiger partial charge in [0.25, 0.3) is 0 Å². The van der Waals surface area contributed by atoms with Gasteiger partial charge >= 0.3 is 7.82 Å². The largest absolute Gasteiger partial charge is 0.472 e. The number of rotatable bonds is 64. The van der Waals surface area contributed by atoms with Crippen molar-refractivity contribution in [1.29, 1.82) is 0 Å². The van der Waals surface area contributed by atoms with Gasteiger partial charge < -0.3 is 19.8 Å². The first-order chi connectivity index (χ1) is 40.5. The van der Waals surface area contributed by atoms with Crippen LogP contribution in [0.1, 0.15) is 316 Å². The Morgan fingerprint density at radius 2 is 0.735 bits per heavy atom. The highest BCUT2D eigenvalue weighted by Gasteiger charge is 2.28. The van der Waals surface area contributed by atoms with Gasteiger partial charge in [0, 0.05) is 6.42 Å². The molecule has 3 unspecified atom stereocenters. The van der Waals surface area contributed by atoms with Crippen molar-refractivity contribution in [3.05, 3.63) is 97.2 Å². The third-order valence-corrected chi connectivity index (χ3v) is 16.5. The molecule has 0 heterocycles. The molecule has 3 N–H and O–H groups in total. The van der Waals surface area contributed by atoms with Crippen LogP contribution in [-0.4, -0.2) is 73.4 Å². The number of phosphoric ester groups is 1. The summed E-state index contributed by atoms with van der Waals surface area (Å²) in [7, 11) is 1.55. The summed E-state index contributed by atoms with van der Waals surface area (Å²) in [5.74, 6) is -0.189. The number of likely N-dealkylation sites (N-methyl/N-ethyl adjacent to an activating group) is 1. The number of nitrogens with zero attached hydrogens (tertiary/aromatic N) is 1. The van der Waals surface area contributed by atoms with E-state index < -0.39 is 20.0 Å². The minimum Gasteiger partial charge on any atom is -0.387 e. The van der Waals surface area contributed by atoms with Crippen LogP contribution in [0.5, 0.6) is 0 Å². The molecule has 0 spiro atoms. The lowest BCUT2D eigenvalue weighted by atomic mass is 10.0. The number of hydrogen-bond donors (Lipinski definition) is 3. The molecular formula is C74H136N2O6P+. The number of nitrogens with one attached hydrogen (secondary N) is 1. The normalized spacial score (nSPS) is 14.3. The van der Waals surface area contributed by atoms with Gasteiger partial charge in [-0.25, -0.2) is 4.57 Å². The molecule has 0 aliphatic rings. The molecule has 0 aromatic carbocycles. The number of carbonyl (C=O) groups is 1. The molecule has 0 aromatic heterocycles. The summed E-state index contributed by atoms with van der Waals surface area (Å²) in [5.41, 5.74) is 0. The Kier molecular flexibility index (Phi) is 61.9. The standard InChI is InChI=1S/C74H135N2O6P/c1-6-8-10-12-14-16-18-20-22-24-26-28-30-32-34-36-38-40-42-44-46-48-50-52-54-56-58-60-62-64-66-68-74(78)75-72(71-82-83(79,80)81-70-69-76(3,4)5)73(77)67-65-63-61-59-57-55-53-51-49-47-45-43-41-39-37-35-33-31-29-27-25-23-21-19-17-15-13-11-9-7-2/h8,10,14,16,20,22,26,28,32,34,38,40,57,59,65,67,72-73,77H,6-7,9,11-13,15,17-19,21,23-25,27,29-31,33,35-37,39,41-56,58,60-64,66,68-71H2,1-5H3,(H-,75,78,79,80)/p+1/b10-8-,16-14-,22-20-,28-26-,34-32-,40-38-,59-57+,67-65+. The third-order valence-electron chi connectivity index (χ3n) is 15.5. The Morgan fingerprint density at radius 3 is 1.11 bits per heavy atom. The number of carbonyl (C=O) groups excluding carboxylic acids is 1. The van der Waals surface area contributed by atoms with Gasteiger partial charge in [-0.05, 0) is 83.5 Å². The zero-order chi connectivity index (χ0) is 60.5. The second-order valence-electron chi connectivity index (χ2n) is 24.9. The molecular weight excluding hydrogens is 1040 g/mol. The van der Waals surface area contributed by atoms with E-state index in [4.69, 9.17) is 9.05 Å². The van der Waals surface area contributed by atoms with Crippen molar-refractivity contribution in [3.63, 3.8) is 0 Å². The predicted molar refractivity (Wildman–Crippen MR) is 364 cm³/mol. The molecule has 0 aliphatic heterocycles. The molecule has 482 valence electrons. The fourth-order valence-electron chi connectivity index (χ4n) is 10.1. The topological polar surface area (TPSA) is 105 Å². The van der Waals surface area contributed by atoms with Crippen LogP contribution in [0.25, 0.3) is 0 Å². The van der Waals surface area contributed by atoms with E-state index in [9.17, 15) is 19.4 Å². The molecule has 3 atom stereocenters. The summed E-state index contributed by atoms with van der Waals surface area (Å²) in [5, 5.41) is 14.0. The average Bonchev–Trinajstić information content (AvgIpc) is 3.49. The Hall–Kier alpha value is -2.58. The van der Waals surface area contributed by atoms with Crippen molar-refractivity contribution in [1.82, 2.24) is 5.32 Å². The van der Waals surface area contributed by atoms with Crippen molar-refractivity contribution in [3.8, 4) is 0 Å². The molecule has 0 aliphatic carbocycles. The van der Waals surface area contributed by atoms with Gasteiger partial charge in [-0.1, -0.05) is 323 Å². The fraction of sp³-hybridized carbons (Fsp3) is 0.770. The van der Waals surface area contributed by atoms with Crippen LogP contribution < -0.4 is 5.32 Å². The van der Waals surface area contributed by atoms with E-state index in [-0.39, 0.29) is 19.1 Å². The quantitative estimate of drug-likeness (QED) is 0.0243. The summed E-state index contributed by atoms with van der Waals surface area (Å²) in [6.07, 6.45) is 92.7. The minimum atomic E-state index is -4.37. The molecule has 0 saturated heterocycles. The van der Waals surface area contributed by atoms with E-state index in [1.807, 2.05) is 27.2 Å². The number of amides is 1. The smallest absolute Gasteiger partial charge is 0.387 e. The first kappa shape index (κ1) is 80.4. The van der Waals surface area contributed by atoms with E-state index in [0.717, 1.165) is 77.0 Å². The number of hydrogen-bond acceptors (Lipinski definition) is 5. The lowest BCUT2D eigenvalue weighted by Crippen LogP contribution is -2.45. The number of phosphoric acid groups is 1. The zero-order valence-electron chi connectivity index (χ0n) is 55.2. The molecule has 0 fully saturated rings. The lowest BCUT2D eigenvalue weighted by molar-refractivity contribution is -0.870. The summed E-state index contributed by atoms with van der Waals surface area (Å²) in [4.78, 5) is 23.4. The molecule has 0 bridgehead atoms. The van der Waals surface area contributed by atoms with Gasteiger partial charge in [-0.15, -0.1) is 0 Å².